The quantitative estimate of drug-likeness (QED) is 0.429. The lowest BCUT2D eigenvalue weighted by Crippen LogP contribution is -2.36. The zero-order valence-electron chi connectivity index (χ0n) is 13.6. The van der Waals surface area contributed by atoms with E-state index in [1.165, 1.54) is 23.1 Å². The molecule has 3 rings (SSSR count). The van der Waals surface area contributed by atoms with Gasteiger partial charge in [0.05, 0.1) is 4.91 Å². The fraction of sp³-hybridized carbons (Fsp3) is 0.389. The highest BCUT2D eigenvalue weighted by Gasteiger charge is 2.34. The molecule has 0 unspecified atom stereocenters. The minimum atomic E-state index is -0.401. The van der Waals surface area contributed by atoms with Crippen LogP contribution in [0, 0.1) is 0 Å². The van der Waals surface area contributed by atoms with Crippen molar-refractivity contribution in [2.75, 3.05) is 6.54 Å². The molecule has 1 aliphatic heterocycles. The van der Waals surface area contributed by atoms with Gasteiger partial charge in [0.25, 0.3) is 5.91 Å². The zero-order valence-corrected chi connectivity index (χ0v) is 16.0. The van der Waals surface area contributed by atoms with Crippen LogP contribution in [0.3, 0.4) is 0 Å². The monoisotopic (exact) mass is 395 g/mol. The fourth-order valence-electron chi connectivity index (χ4n) is 2.90. The third kappa shape index (κ3) is 4.63. The number of halogens is 1. The van der Waals surface area contributed by atoms with Gasteiger partial charge >= 0.3 is 5.97 Å². The first kappa shape index (κ1) is 18.4. The van der Waals surface area contributed by atoms with E-state index in [-0.39, 0.29) is 18.6 Å². The number of esters is 1. The number of thiocarbonyl (C=S) groups is 1. The van der Waals surface area contributed by atoms with Crippen molar-refractivity contribution in [3.63, 3.8) is 0 Å². The summed E-state index contributed by atoms with van der Waals surface area (Å²) in [5.74, 6) is -0.683. The molecule has 1 amide bonds. The van der Waals surface area contributed by atoms with Gasteiger partial charge < -0.3 is 4.74 Å². The smallest absolute Gasteiger partial charge is 0.326 e. The maximum atomic E-state index is 12.6. The van der Waals surface area contributed by atoms with Gasteiger partial charge in [-0.3, -0.25) is 14.5 Å². The molecule has 25 heavy (non-hydrogen) atoms. The molecule has 0 bridgehead atoms. The molecule has 0 N–H and O–H groups in total. The molecule has 0 atom stereocenters. The predicted octanol–water partition coefficient (Wildman–Crippen LogP) is 4.42. The van der Waals surface area contributed by atoms with Crippen LogP contribution in [0.2, 0.25) is 5.02 Å². The van der Waals surface area contributed by atoms with Crippen LogP contribution >= 0.6 is 35.6 Å². The molecule has 4 nitrogen and oxygen atoms in total. The van der Waals surface area contributed by atoms with Crippen molar-refractivity contribution < 1.29 is 14.3 Å². The Kier molecular flexibility index (Phi) is 6.15. The standard InChI is InChI=1S/C18H18ClNO3S2/c19-14-9-5-4-6-12(14)10-15-17(22)20(18(24)25-15)11-16(21)23-13-7-2-1-3-8-13/h4-6,9-10,13H,1-3,7-8,11H2/b15-10-. The van der Waals surface area contributed by atoms with Gasteiger partial charge in [0, 0.05) is 5.02 Å². The number of thioether (sulfide) groups is 1. The Bertz CT molecular complexity index is 729. The van der Waals surface area contributed by atoms with E-state index < -0.39 is 5.97 Å². The lowest BCUT2D eigenvalue weighted by Gasteiger charge is -2.23. The molecule has 7 heteroatoms. The molecule has 2 aliphatic rings. The van der Waals surface area contributed by atoms with Crippen LogP contribution in [0.1, 0.15) is 37.7 Å². The molecule has 2 fully saturated rings. The number of hydrogen-bond donors (Lipinski definition) is 0. The van der Waals surface area contributed by atoms with Gasteiger partial charge in [0.15, 0.2) is 0 Å². The van der Waals surface area contributed by atoms with E-state index in [2.05, 4.69) is 0 Å². The van der Waals surface area contributed by atoms with Crippen LogP contribution in [-0.2, 0) is 14.3 Å². The molecule has 0 radical (unpaired) electrons. The van der Waals surface area contributed by atoms with Gasteiger partial charge in [0.1, 0.15) is 17.0 Å². The SMILES string of the molecule is O=C(CN1C(=O)/C(=C/c2ccccc2Cl)SC1=S)OC1CCCCC1. The predicted molar refractivity (Wildman–Crippen MR) is 104 cm³/mol. The summed E-state index contributed by atoms with van der Waals surface area (Å²) in [6.07, 6.45) is 6.83. The van der Waals surface area contributed by atoms with Crippen LogP contribution in [0.4, 0.5) is 0 Å². The molecule has 1 aliphatic carbocycles. The fourth-order valence-corrected chi connectivity index (χ4v) is 4.34. The lowest BCUT2D eigenvalue weighted by atomic mass is 9.98. The molecule has 1 aromatic carbocycles. The average Bonchev–Trinajstić information content (AvgIpc) is 2.85. The van der Waals surface area contributed by atoms with E-state index in [1.54, 1.807) is 12.1 Å². The Hall–Kier alpha value is -1.37. The van der Waals surface area contributed by atoms with E-state index in [9.17, 15) is 9.59 Å². The second-order valence-electron chi connectivity index (χ2n) is 6.04. The third-order valence-electron chi connectivity index (χ3n) is 4.20. The second kappa shape index (κ2) is 8.34. The highest BCUT2D eigenvalue weighted by atomic mass is 35.5. The maximum Gasteiger partial charge on any atom is 0.326 e. The number of carbonyl (C=O) groups is 2. The first-order valence-corrected chi connectivity index (χ1v) is 9.84. The van der Waals surface area contributed by atoms with Crippen LogP contribution in [-0.4, -0.2) is 33.7 Å². The summed E-state index contributed by atoms with van der Waals surface area (Å²) in [5, 5.41) is 0.560. The molecule has 1 heterocycles. The summed E-state index contributed by atoms with van der Waals surface area (Å²) < 4.78 is 5.84. The molecule has 0 spiro atoms. The second-order valence-corrected chi connectivity index (χ2v) is 8.12. The van der Waals surface area contributed by atoms with Crippen LogP contribution in [0.25, 0.3) is 6.08 Å². The Morgan fingerprint density at radius 1 is 1.32 bits per heavy atom. The molecular weight excluding hydrogens is 378 g/mol. The topological polar surface area (TPSA) is 46.6 Å². The minimum Gasteiger partial charge on any atom is -0.461 e. The van der Waals surface area contributed by atoms with Gasteiger partial charge in [-0.15, -0.1) is 0 Å². The van der Waals surface area contributed by atoms with Crippen molar-refractivity contribution in [3.05, 3.63) is 39.8 Å². The van der Waals surface area contributed by atoms with Gasteiger partial charge in [-0.05, 0) is 43.4 Å². The van der Waals surface area contributed by atoms with E-state index >= 15 is 0 Å². The maximum absolute atomic E-state index is 12.6. The Morgan fingerprint density at radius 2 is 2.04 bits per heavy atom. The minimum absolute atomic E-state index is 0.0293. The number of nitrogens with zero attached hydrogens (tertiary/aromatic N) is 1. The van der Waals surface area contributed by atoms with Gasteiger partial charge in [-0.2, -0.15) is 0 Å². The van der Waals surface area contributed by atoms with Crippen molar-refractivity contribution in [3.8, 4) is 0 Å². The van der Waals surface area contributed by atoms with Crippen molar-refractivity contribution in [1.29, 1.82) is 0 Å². The van der Waals surface area contributed by atoms with Crippen molar-refractivity contribution in [1.82, 2.24) is 4.90 Å². The average molecular weight is 396 g/mol. The molecule has 1 aromatic rings. The summed E-state index contributed by atoms with van der Waals surface area (Å²) in [5.41, 5.74) is 0.745. The number of hydrogen-bond acceptors (Lipinski definition) is 5. The van der Waals surface area contributed by atoms with Gasteiger partial charge in [-0.1, -0.05) is 60.2 Å². The first-order chi connectivity index (χ1) is 12.0. The van der Waals surface area contributed by atoms with Crippen LogP contribution in [0.5, 0.6) is 0 Å². The number of rotatable bonds is 4. The summed E-state index contributed by atoms with van der Waals surface area (Å²) in [6.45, 7) is -0.138. The summed E-state index contributed by atoms with van der Waals surface area (Å²) >= 11 is 12.6. The molecule has 1 saturated carbocycles. The van der Waals surface area contributed by atoms with Gasteiger partial charge in [-0.25, -0.2) is 0 Å². The van der Waals surface area contributed by atoms with Crippen molar-refractivity contribution in [2.24, 2.45) is 0 Å². The molecule has 132 valence electrons. The van der Waals surface area contributed by atoms with Gasteiger partial charge in [0.2, 0.25) is 0 Å². The summed E-state index contributed by atoms with van der Waals surface area (Å²) in [7, 11) is 0. The van der Waals surface area contributed by atoms with E-state index in [4.69, 9.17) is 28.6 Å². The highest BCUT2D eigenvalue weighted by Crippen LogP contribution is 2.33. The lowest BCUT2D eigenvalue weighted by molar-refractivity contribution is -0.152. The van der Waals surface area contributed by atoms with Crippen molar-refractivity contribution in [2.45, 2.75) is 38.2 Å². The number of amides is 1. The number of carbonyl (C=O) groups excluding carboxylic acids is 2. The largest absolute Gasteiger partial charge is 0.461 e. The Balaban J connectivity index is 1.65. The summed E-state index contributed by atoms with van der Waals surface area (Å²) in [4.78, 5) is 26.5. The molecule has 0 aromatic heterocycles. The number of ether oxygens (including phenoxy) is 1. The van der Waals surface area contributed by atoms with E-state index in [0.29, 0.717) is 14.2 Å². The normalized spacial score (nSPS) is 20.4. The van der Waals surface area contributed by atoms with Crippen molar-refractivity contribution >= 4 is 57.9 Å². The Morgan fingerprint density at radius 3 is 2.76 bits per heavy atom. The summed E-state index contributed by atoms with van der Waals surface area (Å²) in [6, 6.07) is 7.26. The van der Waals surface area contributed by atoms with Crippen LogP contribution in [0.15, 0.2) is 29.2 Å². The van der Waals surface area contributed by atoms with E-state index in [0.717, 1.165) is 31.2 Å². The third-order valence-corrected chi connectivity index (χ3v) is 5.92. The number of benzene rings is 1. The molecular formula is C18H18ClNO3S2. The highest BCUT2D eigenvalue weighted by molar-refractivity contribution is 8.26. The zero-order chi connectivity index (χ0) is 17.8. The molecule has 1 saturated heterocycles. The Labute approximate surface area is 161 Å². The van der Waals surface area contributed by atoms with E-state index in [1.807, 2.05) is 18.2 Å². The van der Waals surface area contributed by atoms with Crippen LogP contribution < -0.4 is 0 Å². The first-order valence-electron chi connectivity index (χ1n) is 8.24.